The molecule has 2 aromatic rings. The number of piperidine rings is 1. The Bertz CT molecular complexity index is 739. The Morgan fingerprint density at radius 1 is 1.04 bits per heavy atom. The summed E-state index contributed by atoms with van der Waals surface area (Å²) in [5.74, 6) is 1.61. The van der Waals surface area contributed by atoms with Crippen LogP contribution in [-0.2, 0) is 17.9 Å². The summed E-state index contributed by atoms with van der Waals surface area (Å²) >= 11 is 0. The summed E-state index contributed by atoms with van der Waals surface area (Å²) in [5.41, 5.74) is 2.28. The predicted octanol–water partition coefficient (Wildman–Crippen LogP) is 2.46. The molecule has 1 saturated carbocycles. The fourth-order valence-corrected chi connectivity index (χ4v) is 4.67. The Hall–Kier alpha value is -1.86. The summed E-state index contributed by atoms with van der Waals surface area (Å²) in [7, 11) is 0. The van der Waals surface area contributed by atoms with Crippen LogP contribution in [0.3, 0.4) is 0 Å². The first-order chi connectivity index (χ1) is 12.9. The molecule has 2 atom stereocenters. The van der Waals surface area contributed by atoms with Crippen molar-refractivity contribution in [1.29, 1.82) is 0 Å². The van der Waals surface area contributed by atoms with Gasteiger partial charge in [-0.05, 0) is 19.3 Å². The standard InChI is InChI=1S/C19H26N6O/c1-2-4-15(5-3-1)19-20-8-14(9-21-19)11-24-7-6-17-18(12-24)26-13-16-10-22-23-25(16)17/h8-10,15,17-18H,1-7,11-13H2/t17-,18-/m0/s1. The van der Waals surface area contributed by atoms with Crippen LogP contribution in [0.2, 0.25) is 0 Å². The Labute approximate surface area is 153 Å². The lowest BCUT2D eigenvalue weighted by molar-refractivity contribution is -0.0704. The average Bonchev–Trinajstić information content (AvgIpc) is 3.18. The van der Waals surface area contributed by atoms with E-state index in [0.717, 1.165) is 37.6 Å². The monoisotopic (exact) mass is 354 g/mol. The van der Waals surface area contributed by atoms with Gasteiger partial charge in [0.15, 0.2) is 0 Å². The number of likely N-dealkylation sites (tertiary alicyclic amines) is 1. The molecule has 1 saturated heterocycles. The summed E-state index contributed by atoms with van der Waals surface area (Å²) in [4.78, 5) is 11.8. The third-order valence-electron chi connectivity index (χ3n) is 6.12. The molecule has 0 aromatic carbocycles. The smallest absolute Gasteiger partial charge is 0.131 e. The lowest BCUT2D eigenvalue weighted by Crippen LogP contribution is -2.48. The van der Waals surface area contributed by atoms with Crippen LogP contribution in [0.1, 0.15) is 67.6 Å². The largest absolute Gasteiger partial charge is 0.368 e. The van der Waals surface area contributed by atoms with E-state index < -0.39 is 0 Å². The minimum atomic E-state index is 0.195. The van der Waals surface area contributed by atoms with Gasteiger partial charge in [0.25, 0.3) is 0 Å². The van der Waals surface area contributed by atoms with E-state index in [9.17, 15) is 0 Å². The maximum absolute atomic E-state index is 6.06. The third kappa shape index (κ3) is 3.14. The highest BCUT2D eigenvalue weighted by Gasteiger charge is 2.36. The van der Waals surface area contributed by atoms with E-state index in [1.165, 1.54) is 37.7 Å². The van der Waals surface area contributed by atoms with Gasteiger partial charge in [0.1, 0.15) is 5.82 Å². The van der Waals surface area contributed by atoms with Gasteiger partial charge in [0.05, 0.1) is 30.6 Å². The molecule has 0 radical (unpaired) electrons. The van der Waals surface area contributed by atoms with Crippen molar-refractivity contribution in [2.24, 2.45) is 0 Å². The lowest BCUT2D eigenvalue weighted by atomic mass is 9.89. The van der Waals surface area contributed by atoms with Gasteiger partial charge in [-0.1, -0.05) is 24.5 Å². The fourth-order valence-electron chi connectivity index (χ4n) is 4.67. The van der Waals surface area contributed by atoms with Crippen LogP contribution in [0.15, 0.2) is 18.6 Å². The van der Waals surface area contributed by atoms with Crippen LogP contribution in [0, 0.1) is 0 Å². The molecule has 3 aliphatic rings. The summed E-state index contributed by atoms with van der Waals surface area (Å²) in [6.07, 6.45) is 13.6. The molecular formula is C19H26N6O. The van der Waals surface area contributed by atoms with Gasteiger partial charge < -0.3 is 4.74 Å². The van der Waals surface area contributed by atoms with Crippen molar-refractivity contribution in [3.8, 4) is 0 Å². The normalized spacial score (nSPS) is 27.1. The van der Waals surface area contributed by atoms with Gasteiger partial charge in [0.2, 0.25) is 0 Å². The first-order valence-corrected chi connectivity index (χ1v) is 9.90. The molecular weight excluding hydrogens is 328 g/mol. The molecule has 7 heteroatoms. The Balaban J connectivity index is 1.21. The zero-order chi connectivity index (χ0) is 17.3. The Morgan fingerprint density at radius 3 is 2.73 bits per heavy atom. The topological polar surface area (TPSA) is 69.0 Å². The summed E-state index contributed by atoms with van der Waals surface area (Å²) in [6.45, 7) is 3.46. The van der Waals surface area contributed by atoms with Crippen molar-refractivity contribution >= 4 is 0 Å². The molecule has 0 bridgehead atoms. The number of ether oxygens (including phenoxy) is 1. The molecule has 0 N–H and O–H groups in total. The van der Waals surface area contributed by atoms with E-state index in [-0.39, 0.29) is 6.10 Å². The number of hydrogen-bond acceptors (Lipinski definition) is 6. The second-order valence-electron chi connectivity index (χ2n) is 7.89. The van der Waals surface area contributed by atoms with Gasteiger partial charge in [0, 0.05) is 43.5 Å². The number of hydrogen-bond donors (Lipinski definition) is 0. The first kappa shape index (κ1) is 16.3. The van der Waals surface area contributed by atoms with Crippen LogP contribution in [0.25, 0.3) is 0 Å². The molecule has 2 aliphatic heterocycles. The number of rotatable bonds is 3. The number of fused-ring (bicyclic) bond motifs is 3. The number of aromatic nitrogens is 5. The minimum absolute atomic E-state index is 0.195. The fraction of sp³-hybridized carbons (Fsp3) is 0.684. The highest BCUT2D eigenvalue weighted by atomic mass is 16.5. The second kappa shape index (κ2) is 7.04. The number of nitrogens with zero attached hydrogens (tertiary/aromatic N) is 6. The van der Waals surface area contributed by atoms with Crippen molar-refractivity contribution in [2.75, 3.05) is 13.1 Å². The molecule has 0 amide bonds. The third-order valence-corrected chi connectivity index (χ3v) is 6.12. The van der Waals surface area contributed by atoms with E-state index in [4.69, 9.17) is 4.74 Å². The van der Waals surface area contributed by atoms with E-state index in [1.807, 2.05) is 18.6 Å². The maximum Gasteiger partial charge on any atom is 0.131 e. The molecule has 5 rings (SSSR count). The van der Waals surface area contributed by atoms with E-state index >= 15 is 0 Å². The highest BCUT2D eigenvalue weighted by molar-refractivity contribution is 5.09. The van der Waals surface area contributed by atoms with E-state index in [1.54, 1.807) is 0 Å². The quantitative estimate of drug-likeness (QED) is 0.843. The second-order valence-corrected chi connectivity index (χ2v) is 7.89. The van der Waals surface area contributed by atoms with Crippen molar-refractivity contribution in [3.05, 3.63) is 35.7 Å². The predicted molar refractivity (Wildman–Crippen MR) is 95.4 cm³/mol. The van der Waals surface area contributed by atoms with Crippen LogP contribution >= 0.6 is 0 Å². The van der Waals surface area contributed by atoms with Crippen LogP contribution in [0.4, 0.5) is 0 Å². The molecule has 2 aromatic heterocycles. The van der Waals surface area contributed by atoms with Gasteiger partial charge in [-0.3, -0.25) is 4.90 Å². The maximum atomic E-state index is 6.06. The van der Waals surface area contributed by atoms with Crippen molar-refractivity contribution < 1.29 is 4.74 Å². The molecule has 0 unspecified atom stereocenters. The highest BCUT2D eigenvalue weighted by Crippen LogP contribution is 2.32. The van der Waals surface area contributed by atoms with Gasteiger partial charge in [-0.15, -0.1) is 5.10 Å². The van der Waals surface area contributed by atoms with Crippen molar-refractivity contribution in [2.45, 2.75) is 69.7 Å². The van der Waals surface area contributed by atoms with Gasteiger partial charge in [-0.25, -0.2) is 14.6 Å². The molecule has 0 spiro atoms. The zero-order valence-corrected chi connectivity index (χ0v) is 15.1. The molecule has 2 fully saturated rings. The minimum Gasteiger partial charge on any atom is -0.368 e. The molecule has 7 nitrogen and oxygen atoms in total. The van der Waals surface area contributed by atoms with Crippen LogP contribution < -0.4 is 0 Å². The Kier molecular flexibility index (Phi) is 4.42. The SMILES string of the molecule is c1nc(C2CCCCC2)ncc1CN1CC[C@H]2[C@H](C1)OCc1cnnn12. The first-order valence-electron chi connectivity index (χ1n) is 9.90. The van der Waals surface area contributed by atoms with Gasteiger partial charge in [-0.2, -0.15) is 0 Å². The van der Waals surface area contributed by atoms with Crippen molar-refractivity contribution in [1.82, 2.24) is 29.9 Å². The van der Waals surface area contributed by atoms with Crippen molar-refractivity contribution in [3.63, 3.8) is 0 Å². The molecule has 4 heterocycles. The van der Waals surface area contributed by atoms with Crippen LogP contribution in [-0.4, -0.2) is 49.1 Å². The molecule has 26 heavy (non-hydrogen) atoms. The van der Waals surface area contributed by atoms with Crippen LogP contribution in [0.5, 0.6) is 0 Å². The Morgan fingerprint density at radius 2 is 1.88 bits per heavy atom. The summed E-state index contributed by atoms with van der Waals surface area (Å²) in [6, 6.07) is 0.322. The summed E-state index contributed by atoms with van der Waals surface area (Å²) < 4.78 is 8.12. The summed E-state index contributed by atoms with van der Waals surface area (Å²) in [5, 5.41) is 8.28. The molecule has 138 valence electrons. The average molecular weight is 354 g/mol. The van der Waals surface area contributed by atoms with Gasteiger partial charge >= 0.3 is 0 Å². The lowest BCUT2D eigenvalue weighted by Gasteiger charge is -2.40. The van der Waals surface area contributed by atoms with E-state index in [0.29, 0.717) is 18.6 Å². The zero-order valence-electron chi connectivity index (χ0n) is 15.1. The molecule has 1 aliphatic carbocycles. The van der Waals surface area contributed by atoms with E-state index in [2.05, 4.69) is 29.9 Å².